The van der Waals surface area contributed by atoms with Gasteiger partial charge in [-0.2, -0.15) is 0 Å². The first-order chi connectivity index (χ1) is 24.4. The van der Waals surface area contributed by atoms with E-state index < -0.39 is 13.9 Å². The second kappa shape index (κ2) is 39.0. The summed E-state index contributed by atoms with van der Waals surface area (Å²) in [6.45, 7) is 4.23. The Labute approximate surface area is 308 Å². The Balaban J connectivity index is 4.11. The number of hydrogen-bond donors (Lipinski definition) is 2. The first-order valence-corrected chi connectivity index (χ1v) is 22.4. The molecule has 0 aromatic heterocycles. The number of phosphoric ester groups is 1. The van der Waals surface area contributed by atoms with Gasteiger partial charge < -0.3 is 20.1 Å². The highest BCUT2D eigenvalue weighted by Crippen LogP contribution is 2.43. The summed E-state index contributed by atoms with van der Waals surface area (Å²) in [6.07, 6.45) is 42.9. The molecule has 0 fully saturated rings. The lowest BCUT2D eigenvalue weighted by Crippen LogP contribution is -2.27. The molecular formula is C41H80NO7P. The Morgan fingerprint density at radius 3 is 1.48 bits per heavy atom. The van der Waals surface area contributed by atoms with Gasteiger partial charge >= 0.3 is 13.8 Å². The predicted molar refractivity (Wildman–Crippen MR) is 210 cm³/mol. The maximum Gasteiger partial charge on any atom is 0.472 e. The Hall–Kier alpha value is -1.18. The molecule has 0 spiro atoms. The molecule has 0 aliphatic rings. The second-order valence-corrected chi connectivity index (χ2v) is 15.4. The van der Waals surface area contributed by atoms with Crippen molar-refractivity contribution < 1.29 is 32.8 Å². The molecule has 0 amide bonds. The average Bonchev–Trinajstić information content (AvgIpc) is 3.10. The Kier molecular flexibility index (Phi) is 38.1. The van der Waals surface area contributed by atoms with E-state index in [2.05, 4.69) is 26.0 Å². The molecule has 0 heterocycles. The summed E-state index contributed by atoms with van der Waals surface area (Å²) < 4.78 is 33.1. The lowest BCUT2D eigenvalue weighted by atomic mass is 10.0. The van der Waals surface area contributed by atoms with Crippen molar-refractivity contribution in [1.82, 2.24) is 0 Å². The molecule has 0 aliphatic carbocycles. The van der Waals surface area contributed by atoms with Crippen molar-refractivity contribution >= 4 is 13.8 Å². The SMILES string of the molecule is CCCCCCCCCCC/C=C/CCCCC(=O)O[C@H](CO/C=C/CCCCCCCCCCCCCCCC)COP(=O)(O)OCCN. The zero-order chi connectivity index (χ0) is 36.6. The fourth-order valence-corrected chi connectivity index (χ4v) is 6.60. The molecule has 50 heavy (non-hydrogen) atoms. The molecular weight excluding hydrogens is 649 g/mol. The van der Waals surface area contributed by atoms with Crippen LogP contribution >= 0.6 is 7.82 Å². The van der Waals surface area contributed by atoms with Crippen molar-refractivity contribution in [3.05, 3.63) is 24.5 Å². The fraction of sp³-hybridized carbons (Fsp3) is 0.878. The number of allylic oxidation sites excluding steroid dienone is 3. The minimum absolute atomic E-state index is 0.0272. The van der Waals surface area contributed by atoms with E-state index in [0.717, 1.165) is 32.1 Å². The monoisotopic (exact) mass is 730 g/mol. The molecule has 1 unspecified atom stereocenters. The van der Waals surface area contributed by atoms with Crippen LogP contribution in [-0.4, -0.2) is 43.3 Å². The van der Waals surface area contributed by atoms with Gasteiger partial charge in [-0.25, -0.2) is 4.57 Å². The van der Waals surface area contributed by atoms with Crippen LogP contribution < -0.4 is 5.73 Å². The highest BCUT2D eigenvalue weighted by Gasteiger charge is 2.25. The van der Waals surface area contributed by atoms with Crippen LogP contribution in [0.5, 0.6) is 0 Å². The number of carbonyl (C=O) groups is 1. The largest absolute Gasteiger partial charge is 0.498 e. The molecule has 9 heteroatoms. The topological polar surface area (TPSA) is 117 Å². The number of esters is 1. The van der Waals surface area contributed by atoms with E-state index >= 15 is 0 Å². The second-order valence-electron chi connectivity index (χ2n) is 13.9. The van der Waals surface area contributed by atoms with E-state index in [-0.39, 0.29) is 38.8 Å². The van der Waals surface area contributed by atoms with E-state index in [1.54, 1.807) is 6.26 Å². The minimum Gasteiger partial charge on any atom is -0.498 e. The molecule has 296 valence electrons. The molecule has 8 nitrogen and oxygen atoms in total. The van der Waals surface area contributed by atoms with Crippen molar-refractivity contribution in [3.63, 3.8) is 0 Å². The number of rotatable bonds is 40. The lowest BCUT2D eigenvalue weighted by Gasteiger charge is -2.19. The van der Waals surface area contributed by atoms with Crippen molar-refractivity contribution in [2.24, 2.45) is 5.73 Å². The number of hydrogen-bond acceptors (Lipinski definition) is 7. The van der Waals surface area contributed by atoms with Gasteiger partial charge in [0.15, 0.2) is 6.10 Å². The van der Waals surface area contributed by atoms with Crippen LogP contribution in [-0.2, 0) is 27.9 Å². The van der Waals surface area contributed by atoms with Crippen LogP contribution in [0.4, 0.5) is 0 Å². The van der Waals surface area contributed by atoms with E-state index in [0.29, 0.717) is 6.42 Å². The van der Waals surface area contributed by atoms with Gasteiger partial charge in [0, 0.05) is 13.0 Å². The number of carbonyl (C=O) groups excluding carboxylic acids is 1. The Morgan fingerprint density at radius 1 is 0.600 bits per heavy atom. The van der Waals surface area contributed by atoms with Gasteiger partial charge in [0.2, 0.25) is 0 Å². The molecule has 0 saturated heterocycles. The van der Waals surface area contributed by atoms with Gasteiger partial charge in [0.25, 0.3) is 0 Å². The molecule has 0 aliphatic heterocycles. The van der Waals surface area contributed by atoms with Crippen molar-refractivity contribution in [1.29, 1.82) is 0 Å². The van der Waals surface area contributed by atoms with Crippen molar-refractivity contribution in [3.8, 4) is 0 Å². The van der Waals surface area contributed by atoms with Crippen LogP contribution in [0, 0.1) is 0 Å². The first kappa shape index (κ1) is 48.8. The summed E-state index contributed by atoms with van der Waals surface area (Å²) >= 11 is 0. The molecule has 0 bridgehead atoms. The highest BCUT2D eigenvalue weighted by atomic mass is 31.2. The van der Waals surface area contributed by atoms with Crippen LogP contribution in [0.15, 0.2) is 24.5 Å². The number of nitrogens with two attached hydrogens (primary N) is 1. The van der Waals surface area contributed by atoms with E-state index in [1.807, 2.05) is 6.08 Å². The molecule has 0 saturated carbocycles. The molecule has 0 radical (unpaired) electrons. The Bertz CT molecular complexity index is 823. The van der Waals surface area contributed by atoms with E-state index in [1.165, 1.54) is 141 Å². The van der Waals surface area contributed by atoms with Crippen LogP contribution in [0.25, 0.3) is 0 Å². The third-order valence-corrected chi connectivity index (χ3v) is 9.92. The van der Waals surface area contributed by atoms with Crippen LogP contribution in [0.3, 0.4) is 0 Å². The standard InChI is InChI=1S/C41H80NO7P/c1-3-5-7-9-11-13-15-17-19-21-23-25-27-29-31-33-36-46-38-40(39-48-50(44,45)47-37-35-42)49-41(43)34-32-30-28-26-24-22-20-18-16-14-12-10-8-6-4-2/h24,26,33,36,40H,3-23,25,27-32,34-35,37-39,42H2,1-2H3,(H,44,45)/b26-24+,36-33+/t40-/m1/s1. The van der Waals surface area contributed by atoms with E-state index in [9.17, 15) is 14.3 Å². The average molecular weight is 730 g/mol. The third-order valence-electron chi connectivity index (χ3n) is 8.94. The molecule has 0 rings (SSSR count). The number of phosphoric acid groups is 1. The quantitative estimate of drug-likeness (QED) is 0.0210. The zero-order valence-corrected chi connectivity index (χ0v) is 33.5. The van der Waals surface area contributed by atoms with Gasteiger partial charge in [-0.1, -0.05) is 161 Å². The summed E-state index contributed by atoms with van der Waals surface area (Å²) in [5, 5.41) is 0. The maximum atomic E-state index is 12.5. The maximum absolute atomic E-state index is 12.5. The predicted octanol–water partition coefficient (Wildman–Crippen LogP) is 12.4. The highest BCUT2D eigenvalue weighted by molar-refractivity contribution is 7.47. The van der Waals surface area contributed by atoms with Crippen LogP contribution in [0.2, 0.25) is 0 Å². The minimum atomic E-state index is -4.29. The van der Waals surface area contributed by atoms with Crippen molar-refractivity contribution in [2.45, 2.75) is 206 Å². The number of ether oxygens (including phenoxy) is 2. The lowest BCUT2D eigenvalue weighted by molar-refractivity contribution is -0.153. The van der Waals surface area contributed by atoms with Crippen LogP contribution in [0.1, 0.15) is 200 Å². The van der Waals surface area contributed by atoms with Gasteiger partial charge in [-0.15, -0.1) is 0 Å². The number of unbranched alkanes of at least 4 members (excludes halogenated alkanes) is 25. The molecule has 0 aromatic carbocycles. The molecule has 2 atom stereocenters. The fourth-order valence-electron chi connectivity index (χ4n) is 5.84. The first-order valence-electron chi connectivity index (χ1n) is 20.9. The van der Waals surface area contributed by atoms with Gasteiger partial charge in [-0.05, 0) is 51.0 Å². The molecule has 0 aromatic rings. The normalized spacial score (nSPS) is 13.7. The third kappa shape index (κ3) is 38.1. The van der Waals surface area contributed by atoms with Gasteiger partial charge in [-0.3, -0.25) is 13.8 Å². The van der Waals surface area contributed by atoms with E-state index in [4.69, 9.17) is 24.3 Å². The molecule has 3 N–H and O–H groups in total. The van der Waals surface area contributed by atoms with Crippen molar-refractivity contribution in [2.75, 3.05) is 26.4 Å². The zero-order valence-electron chi connectivity index (χ0n) is 32.6. The summed E-state index contributed by atoms with van der Waals surface area (Å²) in [6, 6.07) is 0. The summed E-state index contributed by atoms with van der Waals surface area (Å²) in [5.74, 6) is -0.372. The van der Waals surface area contributed by atoms with Gasteiger partial charge in [0.1, 0.15) is 6.61 Å². The Morgan fingerprint density at radius 2 is 1.02 bits per heavy atom. The van der Waals surface area contributed by atoms with Gasteiger partial charge in [0.05, 0.1) is 19.5 Å². The summed E-state index contributed by atoms with van der Waals surface area (Å²) in [4.78, 5) is 22.4. The summed E-state index contributed by atoms with van der Waals surface area (Å²) in [7, 11) is -4.29. The summed E-state index contributed by atoms with van der Waals surface area (Å²) in [5.41, 5.74) is 5.35. The smallest absolute Gasteiger partial charge is 0.472 e.